The quantitative estimate of drug-likeness (QED) is 0.425. The molecule has 7 heteroatoms. The van der Waals surface area contributed by atoms with Gasteiger partial charge in [0.15, 0.2) is 16.6 Å². The minimum Gasteiger partial charge on any atom is -0.413 e. The molecule has 29 heavy (non-hydrogen) atoms. The molecule has 3 N–H and O–H groups in total. The van der Waals surface area contributed by atoms with Gasteiger partial charge in [-0.25, -0.2) is 0 Å². The molecular formula is C22H44O5Si2. The van der Waals surface area contributed by atoms with Crippen LogP contribution < -0.4 is 0 Å². The summed E-state index contributed by atoms with van der Waals surface area (Å²) in [7, 11) is -3.98. The van der Waals surface area contributed by atoms with E-state index in [4.69, 9.17) is 8.85 Å². The van der Waals surface area contributed by atoms with Crippen molar-refractivity contribution in [3.8, 4) is 0 Å². The van der Waals surface area contributed by atoms with E-state index in [2.05, 4.69) is 60.4 Å². The monoisotopic (exact) mass is 444 g/mol. The van der Waals surface area contributed by atoms with Crippen molar-refractivity contribution in [1.29, 1.82) is 0 Å². The molecule has 0 aliphatic heterocycles. The molecule has 5 nitrogen and oxygen atoms in total. The van der Waals surface area contributed by atoms with Crippen molar-refractivity contribution in [2.45, 2.75) is 109 Å². The summed E-state index contributed by atoms with van der Waals surface area (Å²) in [5.41, 5.74) is 0.365. The highest BCUT2D eigenvalue weighted by Gasteiger charge is 2.54. The van der Waals surface area contributed by atoms with E-state index in [1.165, 1.54) is 0 Å². The van der Waals surface area contributed by atoms with Gasteiger partial charge in [-0.2, -0.15) is 0 Å². The summed E-state index contributed by atoms with van der Waals surface area (Å²) in [6, 6.07) is 0. The molecule has 0 radical (unpaired) electrons. The third-order valence-electron chi connectivity index (χ3n) is 7.09. The van der Waals surface area contributed by atoms with Gasteiger partial charge >= 0.3 is 0 Å². The third kappa shape index (κ3) is 5.62. The molecule has 6 atom stereocenters. The standard InChI is InChI=1S/C22H44O5Si2/c1-21(2,3)29(8,9)26-19-14-22(4,27-28(5,6)7)18-13-15(24)12-17(18)20(25)16(19)10-11-23/h12,15-16,18-20,23-25H,10-11,13-14H2,1-9H3/t15-,16+,18+,19+,20-,22-/m0/s1. The van der Waals surface area contributed by atoms with Crippen LogP contribution in [0, 0.1) is 11.8 Å². The molecule has 0 heterocycles. The largest absolute Gasteiger partial charge is 0.413 e. The van der Waals surface area contributed by atoms with Crippen LogP contribution in [0.15, 0.2) is 11.6 Å². The lowest BCUT2D eigenvalue weighted by Gasteiger charge is -2.45. The van der Waals surface area contributed by atoms with E-state index >= 15 is 0 Å². The minimum atomic E-state index is -2.09. The Morgan fingerprint density at radius 3 is 2.21 bits per heavy atom. The SMILES string of the molecule is CC(C)(C)[Si](C)(C)O[C@@H]1C[C@](C)(O[Si](C)(C)C)[C@@H]2C[C@@H](O)C=C2[C@@H](O)[C@@H]1CCO. The van der Waals surface area contributed by atoms with Crippen LogP contribution in [0.2, 0.25) is 37.8 Å². The molecule has 2 aliphatic carbocycles. The van der Waals surface area contributed by atoms with E-state index in [0.717, 1.165) is 5.57 Å². The van der Waals surface area contributed by atoms with Crippen LogP contribution in [-0.4, -0.2) is 62.5 Å². The van der Waals surface area contributed by atoms with Crippen molar-refractivity contribution in [2.24, 2.45) is 11.8 Å². The van der Waals surface area contributed by atoms with E-state index < -0.39 is 34.4 Å². The van der Waals surface area contributed by atoms with Crippen molar-refractivity contribution in [3.63, 3.8) is 0 Å². The summed E-state index contributed by atoms with van der Waals surface area (Å²) < 4.78 is 13.6. The van der Waals surface area contributed by atoms with E-state index in [9.17, 15) is 15.3 Å². The predicted octanol–water partition coefficient (Wildman–Crippen LogP) is 4.06. The molecule has 2 rings (SSSR count). The Hall–Kier alpha value is -0.0262. The van der Waals surface area contributed by atoms with Crippen molar-refractivity contribution in [2.75, 3.05) is 6.61 Å². The van der Waals surface area contributed by atoms with Gasteiger partial charge in [0.25, 0.3) is 0 Å². The van der Waals surface area contributed by atoms with Crippen molar-refractivity contribution in [1.82, 2.24) is 0 Å². The normalized spacial score (nSPS) is 36.6. The maximum atomic E-state index is 11.4. The van der Waals surface area contributed by atoms with Crippen LogP contribution >= 0.6 is 0 Å². The summed E-state index contributed by atoms with van der Waals surface area (Å²) in [5, 5.41) is 31.6. The first-order valence-electron chi connectivity index (χ1n) is 11.1. The Labute approximate surface area is 179 Å². The van der Waals surface area contributed by atoms with Crippen LogP contribution in [0.4, 0.5) is 0 Å². The Kier molecular flexibility index (Phi) is 7.38. The molecule has 0 aromatic carbocycles. The average Bonchev–Trinajstić information content (AvgIpc) is 2.88. The molecule has 0 saturated heterocycles. The van der Waals surface area contributed by atoms with Gasteiger partial charge in [0.2, 0.25) is 0 Å². The van der Waals surface area contributed by atoms with Gasteiger partial charge in [0.05, 0.1) is 23.9 Å². The second-order valence-electron chi connectivity index (χ2n) is 11.8. The van der Waals surface area contributed by atoms with Gasteiger partial charge in [-0.3, -0.25) is 0 Å². The molecule has 1 saturated carbocycles. The molecule has 1 fully saturated rings. The molecule has 2 aliphatic rings. The Morgan fingerprint density at radius 2 is 1.72 bits per heavy atom. The molecular weight excluding hydrogens is 400 g/mol. The zero-order valence-corrected chi connectivity index (χ0v) is 22.0. The maximum absolute atomic E-state index is 11.4. The zero-order valence-electron chi connectivity index (χ0n) is 20.0. The molecule has 170 valence electrons. The second-order valence-corrected chi connectivity index (χ2v) is 21.0. The molecule has 0 spiro atoms. The van der Waals surface area contributed by atoms with Crippen LogP contribution in [0.5, 0.6) is 0 Å². The smallest absolute Gasteiger partial charge is 0.192 e. The summed E-state index contributed by atoms with van der Waals surface area (Å²) >= 11 is 0. The molecule has 0 unspecified atom stereocenters. The second kappa shape index (κ2) is 8.49. The molecule has 0 bridgehead atoms. The predicted molar refractivity (Wildman–Crippen MR) is 123 cm³/mol. The van der Waals surface area contributed by atoms with Crippen LogP contribution in [0.25, 0.3) is 0 Å². The number of hydrogen-bond acceptors (Lipinski definition) is 5. The van der Waals surface area contributed by atoms with Crippen molar-refractivity contribution < 1.29 is 24.2 Å². The first kappa shape index (κ1) is 25.2. The van der Waals surface area contributed by atoms with Crippen molar-refractivity contribution in [3.05, 3.63) is 11.6 Å². The van der Waals surface area contributed by atoms with Gasteiger partial charge in [-0.15, -0.1) is 0 Å². The summed E-state index contributed by atoms with van der Waals surface area (Å²) in [6.07, 6.45) is 2.06. The molecule has 0 amide bonds. The van der Waals surface area contributed by atoms with Gasteiger partial charge in [0.1, 0.15) is 0 Å². The average molecular weight is 445 g/mol. The van der Waals surface area contributed by atoms with E-state index in [1.54, 1.807) is 0 Å². The molecule has 0 aromatic heterocycles. The fraction of sp³-hybridized carbons (Fsp3) is 0.909. The van der Waals surface area contributed by atoms with Crippen molar-refractivity contribution >= 4 is 16.6 Å². The number of aliphatic hydroxyl groups excluding tert-OH is 3. The summed E-state index contributed by atoms with van der Waals surface area (Å²) in [5.74, 6) is -0.242. The summed E-state index contributed by atoms with van der Waals surface area (Å²) in [6.45, 7) is 19.8. The van der Waals surface area contributed by atoms with Crippen LogP contribution in [0.3, 0.4) is 0 Å². The fourth-order valence-corrected chi connectivity index (χ4v) is 7.82. The number of hydrogen-bond donors (Lipinski definition) is 3. The highest BCUT2D eigenvalue weighted by atomic mass is 28.4. The lowest BCUT2D eigenvalue weighted by molar-refractivity contribution is -0.0278. The Balaban J connectivity index is 2.52. The van der Waals surface area contributed by atoms with E-state index in [-0.39, 0.29) is 29.6 Å². The van der Waals surface area contributed by atoms with Crippen LogP contribution in [0.1, 0.15) is 47.0 Å². The molecule has 0 aromatic rings. The first-order valence-corrected chi connectivity index (χ1v) is 17.4. The topological polar surface area (TPSA) is 79.2 Å². The maximum Gasteiger partial charge on any atom is 0.192 e. The Bertz CT molecular complexity index is 607. The highest BCUT2D eigenvalue weighted by Crippen LogP contribution is 2.50. The van der Waals surface area contributed by atoms with E-state index in [1.807, 2.05) is 6.08 Å². The van der Waals surface area contributed by atoms with Crippen LogP contribution in [-0.2, 0) is 8.85 Å². The number of fused-ring (bicyclic) bond motifs is 1. The van der Waals surface area contributed by atoms with Gasteiger partial charge in [0, 0.05) is 24.9 Å². The Morgan fingerprint density at radius 1 is 1.14 bits per heavy atom. The summed E-state index contributed by atoms with van der Waals surface area (Å²) in [4.78, 5) is 0. The van der Waals surface area contributed by atoms with Gasteiger partial charge in [-0.05, 0) is 63.1 Å². The lowest BCUT2D eigenvalue weighted by atomic mass is 9.82. The fourth-order valence-electron chi connectivity index (χ4n) is 4.82. The zero-order chi connectivity index (χ0) is 22.4. The number of rotatable bonds is 6. The first-order chi connectivity index (χ1) is 13.0. The third-order valence-corrected chi connectivity index (χ3v) is 12.7. The van der Waals surface area contributed by atoms with Gasteiger partial charge < -0.3 is 24.2 Å². The lowest BCUT2D eigenvalue weighted by Crippen LogP contribution is -2.51. The van der Waals surface area contributed by atoms with E-state index in [0.29, 0.717) is 19.3 Å². The highest BCUT2D eigenvalue weighted by molar-refractivity contribution is 6.74. The minimum absolute atomic E-state index is 0.00514. The van der Waals surface area contributed by atoms with Gasteiger partial charge in [-0.1, -0.05) is 26.8 Å². The number of aliphatic hydroxyl groups is 3.